The van der Waals surface area contributed by atoms with Gasteiger partial charge >= 0.3 is 65.4 Å². The van der Waals surface area contributed by atoms with Gasteiger partial charge in [-0.15, -0.1) is 0 Å². The first-order chi connectivity index (χ1) is 17.1. The Morgan fingerprint density at radius 3 is 0.800 bits per heavy atom. The third kappa shape index (κ3) is 5.24. The van der Waals surface area contributed by atoms with E-state index in [0.29, 0.717) is 0 Å². The fourth-order valence-electron chi connectivity index (χ4n) is 2.56. The first-order valence-electron chi connectivity index (χ1n) is 9.47. The van der Waals surface area contributed by atoms with Gasteiger partial charge in [0.2, 0.25) is 0 Å². The Hall–Kier alpha value is -0.880. The molecule has 0 N–H and O–H groups in total. The third-order valence-electron chi connectivity index (χ3n) is 5.09. The summed E-state index contributed by atoms with van der Waals surface area (Å²) in [5, 5.41) is 0. The van der Waals surface area contributed by atoms with Gasteiger partial charge in [-0.05, 0) is 17.3 Å². The van der Waals surface area contributed by atoms with Crippen molar-refractivity contribution in [1.29, 1.82) is 0 Å². The van der Waals surface area contributed by atoms with E-state index < -0.39 is 84.7 Å². The Bertz CT molecular complexity index is 869. The Morgan fingerprint density at radius 1 is 0.300 bits per heavy atom. The third-order valence-corrected chi connectivity index (χ3v) is 5.86. The lowest BCUT2D eigenvalue weighted by Gasteiger charge is -2.45. The van der Waals surface area contributed by atoms with Crippen molar-refractivity contribution in [3.05, 3.63) is 0 Å². The van der Waals surface area contributed by atoms with Crippen LogP contribution in [-0.2, 0) is 0 Å². The molecular formula is C16H10F23I. The van der Waals surface area contributed by atoms with E-state index in [9.17, 15) is 101 Å². The fraction of sp³-hybridized carbons (Fsp3) is 1.00. The number of halogens is 24. The Labute approximate surface area is 219 Å². The summed E-state index contributed by atoms with van der Waals surface area (Å²) in [5.41, 5.74) is 0. The molecule has 0 radical (unpaired) electrons. The molecule has 0 spiro atoms. The van der Waals surface area contributed by atoms with Crippen molar-refractivity contribution in [3.8, 4) is 0 Å². The number of rotatable bonds is 14. The maximum Gasteiger partial charge on any atom is 0.460 e. The molecule has 0 aromatic rings. The van der Waals surface area contributed by atoms with E-state index in [2.05, 4.69) is 0 Å². The molecule has 0 aromatic carbocycles. The number of hydrogen-bond donors (Lipinski definition) is 0. The van der Waals surface area contributed by atoms with Gasteiger partial charge in [-0.2, -0.15) is 101 Å². The van der Waals surface area contributed by atoms with Crippen molar-refractivity contribution in [2.75, 3.05) is 4.43 Å². The van der Waals surface area contributed by atoms with E-state index in [1.165, 1.54) is 0 Å². The normalized spacial score (nSPS) is 16.5. The van der Waals surface area contributed by atoms with Crippen molar-refractivity contribution < 1.29 is 101 Å². The molecule has 0 atom stereocenters. The summed E-state index contributed by atoms with van der Waals surface area (Å²) in [4.78, 5) is 0. The van der Waals surface area contributed by atoms with Crippen LogP contribution in [-0.4, -0.2) is 69.8 Å². The minimum Gasteiger partial charge on any atom is -0.200 e. The average Bonchev–Trinajstić information content (AvgIpc) is 2.74. The molecule has 0 bridgehead atoms. The molecule has 0 aliphatic heterocycles. The van der Waals surface area contributed by atoms with Crippen molar-refractivity contribution >= 4 is 22.6 Å². The molecule has 0 saturated carbocycles. The Balaban J connectivity index is 6.98. The van der Waals surface area contributed by atoms with Crippen molar-refractivity contribution in [3.63, 3.8) is 0 Å². The fourth-order valence-corrected chi connectivity index (χ4v) is 3.10. The highest BCUT2D eigenvalue weighted by Gasteiger charge is 2.98. The van der Waals surface area contributed by atoms with Crippen LogP contribution in [0.2, 0.25) is 0 Å². The van der Waals surface area contributed by atoms with Crippen LogP contribution in [0.4, 0.5) is 101 Å². The zero-order chi connectivity index (χ0) is 33.0. The Morgan fingerprint density at radius 2 is 0.550 bits per heavy atom. The van der Waals surface area contributed by atoms with Gasteiger partial charge in [-0.3, -0.25) is 0 Å². The summed E-state index contributed by atoms with van der Waals surface area (Å²) in [5.74, 6) is -86.8. The van der Waals surface area contributed by atoms with Gasteiger partial charge in [-0.1, -0.05) is 29.0 Å². The van der Waals surface area contributed by atoms with Crippen LogP contribution in [0.1, 0.15) is 25.7 Å². The van der Waals surface area contributed by atoms with Crippen molar-refractivity contribution in [2.45, 2.75) is 91.1 Å². The Kier molecular flexibility index (Phi) is 10.4. The second-order valence-electron chi connectivity index (χ2n) is 7.87. The molecule has 242 valence electrons. The molecule has 0 aliphatic carbocycles. The molecule has 0 amide bonds. The molecule has 0 rings (SSSR count). The monoisotopic (exact) mass is 766 g/mol. The highest BCUT2D eigenvalue weighted by Crippen LogP contribution is 2.67. The van der Waals surface area contributed by atoms with E-state index in [1.807, 2.05) is 0 Å². The van der Waals surface area contributed by atoms with Crippen molar-refractivity contribution in [1.82, 2.24) is 0 Å². The van der Waals surface area contributed by atoms with E-state index in [4.69, 9.17) is 0 Å². The molecule has 0 heterocycles. The van der Waals surface area contributed by atoms with E-state index in [-0.39, 0.29) is 10.8 Å². The van der Waals surface area contributed by atoms with Crippen LogP contribution < -0.4 is 0 Å². The molecule has 0 aromatic heterocycles. The van der Waals surface area contributed by atoms with E-state index >= 15 is 0 Å². The first kappa shape index (κ1) is 39.1. The SMILES string of the molecule is FC(F)(F)C(F)(F)C(F)(F)C(F)(F)C(F)(F)C(F)(F)C(F)(F)C(F)(F)C(F)(F)C(F)(F)C(F)(F)CCCCCI. The molecule has 0 unspecified atom stereocenters. The van der Waals surface area contributed by atoms with Crippen molar-refractivity contribution in [2.24, 2.45) is 0 Å². The van der Waals surface area contributed by atoms with Crippen LogP contribution in [0.5, 0.6) is 0 Å². The summed E-state index contributed by atoms with van der Waals surface area (Å²) in [6.07, 6.45) is -12.6. The van der Waals surface area contributed by atoms with Gasteiger partial charge in [0.15, 0.2) is 0 Å². The summed E-state index contributed by atoms with van der Waals surface area (Å²) in [6.45, 7) is 0. The zero-order valence-corrected chi connectivity index (χ0v) is 20.3. The van der Waals surface area contributed by atoms with E-state index in [1.54, 1.807) is 22.6 Å². The van der Waals surface area contributed by atoms with Gasteiger partial charge in [-0.25, -0.2) is 0 Å². The minimum atomic E-state index is -9.35. The van der Waals surface area contributed by atoms with Crippen LogP contribution in [0.15, 0.2) is 0 Å². The number of unbranched alkanes of at least 4 members (excludes halogenated alkanes) is 2. The van der Waals surface area contributed by atoms with Gasteiger partial charge in [0, 0.05) is 6.42 Å². The van der Waals surface area contributed by atoms with Crippen LogP contribution in [0, 0.1) is 0 Å². The van der Waals surface area contributed by atoms with Crippen LogP contribution in [0.3, 0.4) is 0 Å². The molecular weight excluding hydrogens is 756 g/mol. The molecule has 0 fully saturated rings. The van der Waals surface area contributed by atoms with Gasteiger partial charge in [0.25, 0.3) is 0 Å². The number of alkyl halides is 24. The quantitative estimate of drug-likeness (QED) is 0.0716. The molecule has 40 heavy (non-hydrogen) atoms. The highest BCUT2D eigenvalue weighted by molar-refractivity contribution is 14.1. The lowest BCUT2D eigenvalue weighted by molar-refractivity contribution is -0.478. The molecule has 0 aliphatic rings. The standard InChI is InChI=1S/C16H10F23I/c17-6(18,4-2-1-3-5-40)7(19,20)8(21,22)9(23,24)10(25,26)11(27,28)12(29,30)13(31,32)14(33,34)15(35,36)16(37,38)39/h1-5H2. The summed E-state index contributed by atoms with van der Waals surface area (Å²) in [6, 6.07) is 0. The van der Waals surface area contributed by atoms with Crippen LogP contribution in [0.25, 0.3) is 0 Å². The lowest BCUT2D eigenvalue weighted by Crippen LogP contribution is -2.77. The smallest absolute Gasteiger partial charge is 0.200 e. The van der Waals surface area contributed by atoms with E-state index in [0.717, 1.165) is 0 Å². The minimum absolute atomic E-state index is 0.0993. The highest BCUT2D eigenvalue weighted by atomic mass is 127. The zero-order valence-electron chi connectivity index (χ0n) is 18.1. The largest absolute Gasteiger partial charge is 0.460 e. The predicted octanol–water partition coefficient (Wildman–Crippen LogP) is 9.90. The second-order valence-corrected chi connectivity index (χ2v) is 8.95. The first-order valence-corrected chi connectivity index (χ1v) is 11.0. The van der Waals surface area contributed by atoms with Gasteiger partial charge in [0.1, 0.15) is 0 Å². The number of hydrogen-bond acceptors (Lipinski definition) is 0. The second kappa shape index (κ2) is 10.7. The summed E-state index contributed by atoms with van der Waals surface area (Å²) >= 11 is 1.56. The summed E-state index contributed by atoms with van der Waals surface area (Å²) in [7, 11) is 0. The molecule has 0 nitrogen and oxygen atoms in total. The lowest BCUT2D eigenvalue weighted by atomic mass is 9.85. The molecule has 24 heteroatoms. The predicted molar refractivity (Wildman–Crippen MR) is 92.9 cm³/mol. The molecule has 0 saturated heterocycles. The average molecular weight is 766 g/mol. The topological polar surface area (TPSA) is 0 Å². The van der Waals surface area contributed by atoms with Crippen LogP contribution >= 0.6 is 22.6 Å². The summed E-state index contributed by atoms with van der Waals surface area (Å²) < 4.78 is 305. The maximum atomic E-state index is 13.7. The maximum absolute atomic E-state index is 13.7. The van der Waals surface area contributed by atoms with Gasteiger partial charge in [0.05, 0.1) is 0 Å². The van der Waals surface area contributed by atoms with Gasteiger partial charge < -0.3 is 0 Å².